The Labute approximate surface area is 125 Å². The zero-order chi connectivity index (χ0) is 15.7. The number of H-pyrrole nitrogens is 1. The molecule has 0 fully saturated rings. The normalized spacial score (nSPS) is 13.3. The average Bonchev–Trinajstić information content (AvgIpc) is 3.16. The Balaban J connectivity index is 1.90. The monoisotopic (exact) mass is 305 g/mol. The summed E-state index contributed by atoms with van der Waals surface area (Å²) in [5.41, 5.74) is 1.83. The van der Waals surface area contributed by atoms with E-state index in [0.717, 1.165) is 17.2 Å². The lowest BCUT2D eigenvalue weighted by Gasteiger charge is -2.15. The topological polar surface area (TPSA) is 33.6 Å². The van der Waals surface area contributed by atoms with Gasteiger partial charge in [0.1, 0.15) is 0 Å². The lowest BCUT2D eigenvalue weighted by molar-refractivity contribution is -0.137. The Kier molecular flexibility index (Phi) is 3.52. The Bertz CT molecular complexity index is 757. The second-order valence-electron chi connectivity index (χ2n) is 5.11. The largest absolute Gasteiger partial charge is 0.416 e. The molecule has 0 aliphatic heterocycles. The van der Waals surface area contributed by atoms with Gasteiger partial charge in [-0.25, -0.2) is 0 Å². The molecule has 1 N–H and O–H groups in total. The summed E-state index contributed by atoms with van der Waals surface area (Å²) in [7, 11) is 0. The zero-order valence-corrected chi connectivity index (χ0v) is 11.8. The van der Waals surface area contributed by atoms with Gasteiger partial charge in [-0.3, -0.25) is 4.68 Å². The Hall–Kier alpha value is -2.50. The Morgan fingerprint density at radius 1 is 1.18 bits per heavy atom. The van der Waals surface area contributed by atoms with E-state index in [9.17, 15) is 13.2 Å². The van der Waals surface area contributed by atoms with E-state index >= 15 is 0 Å². The van der Waals surface area contributed by atoms with Crippen molar-refractivity contribution in [2.75, 3.05) is 0 Å². The highest BCUT2D eigenvalue weighted by atomic mass is 19.4. The molecule has 3 rings (SSSR count). The maximum absolute atomic E-state index is 12.8. The van der Waals surface area contributed by atoms with Gasteiger partial charge in [0.05, 0.1) is 17.8 Å². The maximum Gasteiger partial charge on any atom is 0.416 e. The molecule has 0 amide bonds. The number of nitrogens with zero attached hydrogens (tertiary/aromatic N) is 2. The Morgan fingerprint density at radius 3 is 2.68 bits per heavy atom. The van der Waals surface area contributed by atoms with Crippen LogP contribution in [-0.2, 0) is 6.18 Å². The number of benzene rings is 1. The number of alkyl halides is 3. The van der Waals surface area contributed by atoms with Crippen molar-refractivity contribution in [3.8, 4) is 11.1 Å². The maximum atomic E-state index is 12.8. The van der Waals surface area contributed by atoms with Gasteiger partial charge in [-0.05, 0) is 30.7 Å². The van der Waals surface area contributed by atoms with E-state index < -0.39 is 11.7 Å². The number of aromatic amines is 1. The minimum absolute atomic E-state index is 0.282. The van der Waals surface area contributed by atoms with Crippen molar-refractivity contribution in [3.63, 3.8) is 0 Å². The highest BCUT2D eigenvalue weighted by molar-refractivity contribution is 5.60. The number of rotatable bonds is 3. The van der Waals surface area contributed by atoms with Crippen molar-refractivity contribution >= 4 is 0 Å². The molecule has 0 spiro atoms. The van der Waals surface area contributed by atoms with Gasteiger partial charge in [-0.15, -0.1) is 0 Å². The van der Waals surface area contributed by atoms with Gasteiger partial charge in [0.2, 0.25) is 0 Å². The van der Waals surface area contributed by atoms with E-state index in [2.05, 4.69) is 10.1 Å². The van der Waals surface area contributed by atoms with Crippen molar-refractivity contribution in [2.24, 2.45) is 0 Å². The number of halogens is 3. The molecule has 6 heteroatoms. The van der Waals surface area contributed by atoms with E-state index in [-0.39, 0.29) is 6.04 Å². The first-order chi connectivity index (χ1) is 10.4. The summed E-state index contributed by atoms with van der Waals surface area (Å²) in [5, 5.41) is 4.26. The van der Waals surface area contributed by atoms with E-state index in [1.165, 1.54) is 12.1 Å². The minimum atomic E-state index is -4.34. The van der Waals surface area contributed by atoms with Gasteiger partial charge < -0.3 is 4.98 Å². The van der Waals surface area contributed by atoms with Crippen LogP contribution in [0.5, 0.6) is 0 Å². The summed E-state index contributed by atoms with van der Waals surface area (Å²) >= 11 is 0. The molecule has 2 aromatic heterocycles. The predicted octanol–water partition coefficient (Wildman–Crippen LogP) is 4.51. The van der Waals surface area contributed by atoms with Gasteiger partial charge in [-0.2, -0.15) is 18.3 Å². The molecule has 0 aliphatic carbocycles. The second-order valence-corrected chi connectivity index (χ2v) is 5.11. The van der Waals surface area contributed by atoms with Gasteiger partial charge in [0.15, 0.2) is 0 Å². The first-order valence-corrected chi connectivity index (χ1v) is 6.79. The molecule has 2 heterocycles. The molecule has 1 atom stereocenters. The van der Waals surface area contributed by atoms with Crippen LogP contribution in [0.2, 0.25) is 0 Å². The first-order valence-electron chi connectivity index (χ1n) is 6.79. The molecule has 114 valence electrons. The standard InChI is InChI=1S/C16H14F3N3/c1-11(12-3-2-4-15(7-12)16(17,18)19)22-10-14(9-21-22)13-5-6-20-8-13/h2-11,20H,1H3. The van der Waals surface area contributed by atoms with Crippen LogP contribution in [0, 0.1) is 0 Å². The molecule has 0 bridgehead atoms. The number of nitrogens with one attached hydrogen (secondary N) is 1. The number of hydrogen-bond donors (Lipinski definition) is 1. The lowest BCUT2D eigenvalue weighted by Crippen LogP contribution is -2.10. The van der Waals surface area contributed by atoms with Crippen molar-refractivity contribution in [1.82, 2.24) is 14.8 Å². The van der Waals surface area contributed by atoms with Crippen molar-refractivity contribution in [1.29, 1.82) is 0 Å². The quantitative estimate of drug-likeness (QED) is 0.759. The number of aromatic nitrogens is 3. The molecule has 3 nitrogen and oxygen atoms in total. The van der Waals surface area contributed by atoms with Gasteiger partial charge in [0.25, 0.3) is 0 Å². The summed E-state index contributed by atoms with van der Waals surface area (Å²) in [5.74, 6) is 0. The molecule has 0 saturated heterocycles. The van der Waals surface area contributed by atoms with Gasteiger partial charge >= 0.3 is 6.18 Å². The molecular formula is C16H14F3N3. The third kappa shape index (κ3) is 2.77. The van der Waals surface area contributed by atoms with E-state index in [4.69, 9.17) is 0 Å². The fourth-order valence-electron chi connectivity index (χ4n) is 2.33. The Morgan fingerprint density at radius 2 is 2.00 bits per heavy atom. The second kappa shape index (κ2) is 5.36. The smallest absolute Gasteiger partial charge is 0.367 e. The molecule has 3 aromatic rings. The molecule has 0 saturated carbocycles. The number of hydrogen-bond acceptors (Lipinski definition) is 1. The van der Waals surface area contributed by atoms with Crippen molar-refractivity contribution in [3.05, 3.63) is 66.2 Å². The van der Waals surface area contributed by atoms with Crippen LogP contribution in [0.25, 0.3) is 11.1 Å². The molecule has 1 unspecified atom stereocenters. The summed E-state index contributed by atoms with van der Waals surface area (Å²) in [4.78, 5) is 2.96. The minimum Gasteiger partial charge on any atom is -0.367 e. The van der Waals surface area contributed by atoms with Crippen LogP contribution in [-0.4, -0.2) is 14.8 Å². The van der Waals surface area contributed by atoms with Crippen LogP contribution < -0.4 is 0 Å². The van der Waals surface area contributed by atoms with Crippen LogP contribution in [0.3, 0.4) is 0 Å². The average molecular weight is 305 g/mol. The highest BCUT2D eigenvalue weighted by Gasteiger charge is 2.30. The lowest BCUT2D eigenvalue weighted by atomic mass is 10.1. The SMILES string of the molecule is CC(c1cccc(C(F)(F)F)c1)n1cc(-c2cc[nH]c2)cn1. The third-order valence-corrected chi connectivity index (χ3v) is 3.63. The molecule has 1 aromatic carbocycles. The van der Waals surface area contributed by atoms with Crippen molar-refractivity contribution < 1.29 is 13.2 Å². The molecule has 0 radical (unpaired) electrons. The molecular weight excluding hydrogens is 291 g/mol. The first kappa shape index (κ1) is 14.4. The van der Waals surface area contributed by atoms with Crippen molar-refractivity contribution in [2.45, 2.75) is 19.1 Å². The van der Waals surface area contributed by atoms with Crippen LogP contribution in [0.15, 0.2) is 55.1 Å². The summed E-state index contributed by atoms with van der Waals surface area (Å²) in [6.07, 6.45) is 2.84. The highest BCUT2D eigenvalue weighted by Crippen LogP contribution is 2.31. The van der Waals surface area contributed by atoms with E-state index in [0.29, 0.717) is 5.56 Å². The summed E-state index contributed by atoms with van der Waals surface area (Å²) in [6.45, 7) is 1.82. The summed E-state index contributed by atoms with van der Waals surface area (Å²) < 4.78 is 40.1. The van der Waals surface area contributed by atoms with E-state index in [1.54, 1.807) is 16.9 Å². The van der Waals surface area contributed by atoms with Crippen LogP contribution >= 0.6 is 0 Å². The van der Waals surface area contributed by atoms with Gasteiger partial charge in [0, 0.05) is 29.7 Å². The van der Waals surface area contributed by atoms with Crippen LogP contribution in [0.4, 0.5) is 13.2 Å². The fourth-order valence-corrected chi connectivity index (χ4v) is 2.33. The predicted molar refractivity (Wildman–Crippen MR) is 77.3 cm³/mol. The van der Waals surface area contributed by atoms with Crippen LogP contribution in [0.1, 0.15) is 24.1 Å². The van der Waals surface area contributed by atoms with E-state index in [1.807, 2.05) is 31.6 Å². The third-order valence-electron chi connectivity index (χ3n) is 3.63. The summed E-state index contributed by atoms with van der Waals surface area (Å²) in [6, 6.07) is 6.97. The molecule has 22 heavy (non-hydrogen) atoms. The zero-order valence-electron chi connectivity index (χ0n) is 11.8. The van der Waals surface area contributed by atoms with Gasteiger partial charge in [-0.1, -0.05) is 12.1 Å². The molecule has 0 aliphatic rings. The fraction of sp³-hybridized carbons (Fsp3) is 0.188.